The number of halogens is 2. The molecule has 0 aromatic heterocycles. The van der Waals surface area contributed by atoms with Crippen LogP contribution in [0.3, 0.4) is 0 Å². The minimum absolute atomic E-state index is 0.0521. The topological polar surface area (TPSA) is 76.1 Å². The quantitative estimate of drug-likeness (QED) is 0.902. The van der Waals surface area contributed by atoms with E-state index in [-0.39, 0.29) is 37.1 Å². The van der Waals surface area contributed by atoms with Gasteiger partial charge in [0.1, 0.15) is 11.6 Å². The van der Waals surface area contributed by atoms with Gasteiger partial charge in [0, 0.05) is 12.6 Å². The number of nitrogens with zero attached hydrogens (tertiary/aromatic N) is 1. The molecule has 2 rings (SSSR count). The first-order chi connectivity index (χ1) is 9.99. The van der Waals surface area contributed by atoms with Crippen LogP contribution >= 0.6 is 11.6 Å². The predicted octanol–water partition coefficient (Wildman–Crippen LogP) is 1.17. The van der Waals surface area contributed by atoms with Gasteiger partial charge in [0.25, 0.3) is 5.91 Å². The average Bonchev–Trinajstić information content (AvgIpc) is 2.48. The molecule has 0 aliphatic carbocycles. The largest absolute Gasteiger partial charge is 0.484 e. The number of carboxylic acids is 1. The Hall–Kier alpha value is -1.86. The van der Waals surface area contributed by atoms with Gasteiger partial charge in [0.15, 0.2) is 12.6 Å². The normalized spacial score (nSPS) is 18.4. The molecule has 1 saturated heterocycles. The number of carboxylic acid groups (broad SMARTS) is 1. The maximum absolute atomic E-state index is 13.0. The molecule has 0 radical (unpaired) electrons. The first-order valence-corrected chi connectivity index (χ1v) is 6.54. The second-order valence-electron chi connectivity index (χ2n) is 4.38. The lowest BCUT2D eigenvalue weighted by molar-refractivity contribution is -0.159. The van der Waals surface area contributed by atoms with Crippen molar-refractivity contribution in [2.75, 3.05) is 26.4 Å². The fourth-order valence-electron chi connectivity index (χ4n) is 1.90. The number of benzene rings is 1. The van der Waals surface area contributed by atoms with Crippen molar-refractivity contribution in [2.24, 2.45) is 0 Å². The van der Waals surface area contributed by atoms with Gasteiger partial charge in [-0.1, -0.05) is 11.6 Å². The molecular formula is C13H13ClFNO5. The number of morpholine rings is 1. The molecule has 1 aromatic rings. The number of carbonyl (C=O) groups excluding carboxylic acids is 1. The van der Waals surface area contributed by atoms with Crippen molar-refractivity contribution in [1.82, 2.24) is 4.90 Å². The molecule has 1 fully saturated rings. The van der Waals surface area contributed by atoms with E-state index >= 15 is 0 Å². The number of carbonyl (C=O) groups is 2. The van der Waals surface area contributed by atoms with Crippen molar-refractivity contribution in [2.45, 2.75) is 6.04 Å². The van der Waals surface area contributed by atoms with Gasteiger partial charge in [0.05, 0.1) is 18.2 Å². The maximum Gasteiger partial charge on any atom is 0.328 e. The molecule has 21 heavy (non-hydrogen) atoms. The van der Waals surface area contributed by atoms with Crippen molar-refractivity contribution in [1.29, 1.82) is 0 Å². The van der Waals surface area contributed by atoms with E-state index in [9.17, 15) is 14.0 Å². The minimum Gasteiger partial charge on any atom is -0.484 e. The molecule has 0 bridgehead atoms. The Morgan fingerprint density at radius 1 is 1.52 bits per heavy atom. The highest BCUT2D eigenvalue weighted by molar-refractivity contribution is 6.30. The van der Waals surface area contributed by atoms with Crippen molar-refractivity contribution in [3.05, 3.63) is 29.0 Å². The molecular weight excluding hydrogens is 305 g/mol. The molecule has 1 N–H and O–H groups in total. The zero-order valence-electron chi connectivity index (χ0n) is 10.9. The summed E-state index contributed by atoms with van der Waals surface area (Å²) in [5, 5.41) is 8.92. The first-order valence-electron chi connectivity index (χ1n) is 6.17. The molecule has 6 nitrogen and oxygen atoms in total. The molecule has 1 amide bonds. The zero-order valence-corrected chi connectivity index (χ0v) is 11.7. The third-order valence-electron chi connectivity index (χ3n) is 2.99. The summed E-state index contributed by atoms with van der Waals surface area (Å²) in [5.41, 5.74) is 0. The Bertz CT molecular complexity index is 553. The van der Waals surface area contributed by atoms with Crippen LogP contribution in [0.5, 0.6) is 5.75 Å². The molecule has 1 atom stereocenters. The lowest BCUT2D eigenvalue weighted by atomic mass is 10.2. The molecule has 1 aliphatic heterocycles. The number of aliphatic carboxylic acids is 1. The summed E-state index contributed by atoms with van der Waals surface area (Å²) < 4.78 is 23.2. The van der Waals surface area contributed by atoms with E-state index in [2.05, 4.69) is 0 Å². The van der Waals surface area contributed by atoms with Crippen LogP contribution < -0.4 is 4.74 Å². The fourth-order valence-corrected chi connectivity index (χ4v) is 2.07. The number of amides is 1. The van der Waals surface area contributed by atoms with Crippen LogP contribution in [0.2, 0.25) is 5.02 Å². The second-order valence-corrected chi connectivity index (χ2v) is 4.79. The third-order valence-corrected chi connectivity index (χ3v) is 3.28. The summed E-state index contributed by atoms with van der Waals surface area (Å²) in [6.45, 7) is 0.0520. The van der Waals surface area contributed by atoms with E-state index in [1.807, 2.05) is 0 Å². The highest BCUT2D eigenvalue weighted by atomic mass is 35.5. The van der Waals surface area contributed by atoms with E-state index in [0.29, 0.717) is 0 Å². The van der Waals surface area contributed by atoms with Gasteiger partial charge in [-0.15, -0.1) is 0 Å². The molecule has 1 aliphatic rings. The smallest absolute Gasteiger partial charge is 0.328 e. The maximum atomic E-state index is 13.0. The lowest BCUT2D eigenvalue weighted by Crippen LogP contribution is -2.53. The van der Waals surface area contributed by atoms with Crippen LogP contribution in [-0.2, 0) is 14.3 Å². The van der Waals surface area contributed by atoms with Gasteiger partial charge >= 0.3 is 5.97 Å². The van der Waals surface area contributed by atoms with Crippen molar-refractivity contribution < 1.29 is 28.6 Å². The summed E-state index contributed by atoms with van der Waals surface area (Å²) in [7, 11) is 0. The van der Waals surface area contributed by atoms with Crippen LogP contribution in [0.4, 0.5) is 4.39 Å². The lowest BCUT2D eigenvalue weighted by Gasteiger charge is -2.32. The van der Waals surface area contributed by atoms with Gasteiger partial charge in [0.2, 0.25) is 0 Å². The number of hydrogen-bond donors (Lipinski definition) is 1. The van der Waals surface area contributed by atoms with Crippen molar-refractivity contribution in [3.63, 3.8) is 0 Å². The van der Waals surface area contributed by atoms with Gasteiger partial charge < -0.3 is 19.5 Å². The molecule has 0 unspecified atom stereocenters. The number of rotatable bonds is 4. The minimum atomic E-state index is -1.13. The molecule has 0 spiro atoms. The third kappa shape index (κ3) is 3.83. The Kier molecular flexibility index (Phi) is 4.98. The molecule has 1 heterocycles. The summed E-state index contributed by atoms with van der Waals surface area (Å²) in [6.07, 6.45) is 0. The highest BCUT2D eigenvalue weighted by Gasteiger charge is 2.32. The summed E-state index contributed by atoms with van der Waals surface area (Å²) in [5.74, 6) is -1.97. The molecule has 0 saturated carbocycles. The van der Waals surface area contributed by atoms with Gasteiger partial charge in [-0.3, -0.25) is 4.79 Å². The standard InChI is InChI=1S/C13H13ClFNO5/c14-9-5-8(1-2-10(9)15)21-7-12(17)16-3-4-20-6-11(16)13(18)19/h1-2,5,11H,3-4,6-7H2,(H,18,19)/t11-/m0/s1. The van der Waals surface area contributed by atoms with E-state index in [0.717, 1.165) is 6.07 Å². The second kappa shape index (κ2) is 6.73. The Morgan fingerprint density at radius 2 is 2.29 bits per heavy atom. The van der Waals surface area contributed by atoms with Gasteiger partial charge in [-0.2, -0.15) is 0 Å². The van der Waals surface area contributed by atoms with E-state index in [1.165, 1.54) is 17.0 Å². The SMILES string of the molecule is O=C(O)[C@@H]1COCCN1C(=O)COc1ccc(F)c(Cl)c1. The summed E-state index contributed by atoms with van der Waals surface area (Å²) in [6, 6.07) is 2.68. The molecule has 114 valence electrons. The zero-order chi connectivity index (χ0) is 15.4. The summed E-state index contributed by atoms with van der Waals surface area (Å²) in [4.78, 5) is 24.3. The van der Waals surface area contributed by atoms with Crippen LogP contribution in [0.25, 0.3) is 0 Å². The Labute approximate surface area is 125 Å². The molecule has 1 aromatic carbocycles. The Morgan fingerprint density at radius 3 is 2.95 bits per heavy atom. The van der Waals surface area contributed by atoms with Crippen LogP contribution in [0, 0.1) is 5.82 Å². The predicted molar refractivity (Wildman–Crippen MR) is 70.9 cm³/mol. The van der Waals surface area contributed by atoms with Crippen LogP contribution in [0.15, 0.2) is 18.2 Å². The first kappa shape index (κ1) is 15.5. The molecule has 8 heteroatoms. The monoisotopic (exact) mass is 317 g/mol. The van der Waals surface area contributed by atoms with E-state index in [4.69, 9.17) is 26.2 Å². The van der Waals surface area contributed by atoms with Crippen LogP contribution in [0.1, 0.15) is 0 Å². The van der Waals surface area contributed by atoms with Crippen molar-refractivity contribution in [3.8, 4) is 5.75 Å². The Balaban J connectivity index is 1.96. The number of ether oxygens (including phenoxy) is 2. The highest BCUT2D eigenvalue weighted by Crippen LogP contribution is 2.21. The van der Waals surface area contributed by atoms with Gasteiger partial charge in [-0.05, 0) is 12.1 Å². The van der Waals surface area contributed by atoms with Crippen molar-refractivity contribution >= 4 is 23.5 Å². The van der Waals surface area contributed by atoms with E-state index in [1.54, 1.807) is 0 Å². The van der Waals surface area contributed by atoms with Crippen LogP contribution in [-0.4, -0.2) is 54.3 Å². The van der Waals surface area contributed by atoms with Gasteiger partial charge in [-0.25, -0.2) is 9.18 Å². The van der Waals surface area contributed by atoms with E-state index < -0.39 is 23.7 Å². The fraction of sp³-hybridized carbons (Fsp3) is 0.385. The number of hydrogen-bond acceptors (Lipinski definition) is 4. The summed E-state index contributed by atoms with van der Waals surface area (Å²) >= 11 is 5.60. The average molecular weight is 318 g/mol.